The van der Waals surface area contributed by atoms with Gasteiger partial charge in [-0.1, -0.05) is 15.9 Å². The van der Waals surface area contributed by atoms with E-state index in [1.54, 1.807) is 0 Å². The summed E-state index contributed by atoms with van der Waals surface area (Å²) in [4.78, 5) is 23.0. The van der Waals surface area contributed by atoms with Gasteiger partial charge in [0.15, 0.2) is 0 Å². The standard InChI is InChI=1S/C6H6BrNO3S/c7-3-4(9)8-2(6(10)11)1-12-5(3)8/h2-3,5H,1H2,(H,10,11). The number of amides is 1. The summed E-state index contributed by atoms with van der Waals surface area (Å²) in [6, 6.07) is -0.610. The summed E-state index contributed by atoms with van der Waals surface area (Å²) in [6.45, 7) is 0. The van der Waals surface area contributed by atoms with Crippen molar-refractivity contribution in [2.75, 3.05) is 5.75 Å². The number of fused-ring (bicyclic) bond motifs is 1. The van der Waals surface area contributed by atoms with Crippen molar-refractivity contribution in [1.82, 2.24) is 4.90 Å². The molecule has 0 saturated carbocycles. The van der Waals surface area contributed by atoms with Crippen molar-refractivity contribution in [3.8, 4) is 0 Å². The number of hydrogen-bond donors (Lipinski definition) is 1. The second-order valence-corrected chi connectivity index (χ2v) is 4.86. The SMILES string of the molecule is O=C(O)C1CSC2C(Br)C(=O)N12. The van der Waals surface area contributed by atoms with E-state index in [-0.39, 0.29) is 16.1 Å². The van der Waals surface area contributed by atoms with Crippen molar-refractivity contribution in [3.05, 3.63) is 0 Å². The Kier molecular flexibility index (Phi) is 1.84. The van der Waals surface area contributed by atoms with Crippen molar-refractivity contribution in [2.24, 2.45) is 0 Å². The lowest BCUT2D eigenvalue weighted by Gasteiger charge is -2.40. The molecule has 4 nitrogen and oxygen atoms in total. The molecule has 2 heterocycles. The topological polar surface area (TPSA) is 57.6 Å². The van der Waals surface area contributed by atoms with E-state index in [0.717, 1.165) is 0 Å². The Balaban J connectivity index is 2.16. The number of rotatable bonds is 1. The number of thioether (sulfide) groups is 1. The average Bonchev–Trinajstić information content (AvgIpc) is 2.43. The first-order valence-electron chi connectivity index (χ1n) is 3.43. The smallest absolute Gasteiger partial charge is 0.327 e. The monoisotopic (exact) mass is 251 g/mol. The molecule has 3 unspecified atom stereocenters. The number of aliphatic carboxylic acids is 1. The number of hydrogen-bond acceptors (Lipinski definition) is 3. The van der Waals surface area contributed by atoms with Crippen molar-refractivity contribution < 1.29 is 14.7 Å². The van der Waals surface area contributed by atoms with E-state index in [1.807, 2.05) is 0 Å². The molecule has 0 aromatic rings. The number of alkyl halides is 1. The zero-order valence-corrected chi connectivity index (χ0v) is 8.34. The van der Waals surface area contributed by atoms with Crippen LogP contribution in [0.25, 0.3) is 0 Å². The van der Waals surface area contributed by atoms with E-state index in [1.165, 1.54) is 16.7 Å². The van der Waals surface area contributed by atoms with Crippen molar-refractivity contribution in [1.29, 1.82) is 0 Å². The van der Waals surface area contributed by atoms with E-state index in [0.29, 0.717) is 5.75 Å². The van der Waals surface area contributed by atoms with Crippen molar-refractivity contribution >= 4 is 39.6 Å². The number of carbonyl (C=O) groups is 2. The van der Waals surface area contributed by atoms with Crippen LogP contribution in [0.3, 0.4) is 0 Å². The highest BCUT2D eigenvalue weighted by atomic mass is 79.9. The predicted molar refractivity (Wildman–Crippen MR) is 47.2 cm³/mol. The Bertz CT molecular complexity index is 259. The van der Waals surface area contributed by atoms with Crippen LogP contribution in [0.5, 0.6) is 0 Å². The molecule has 3 atom stereocenters. The number of nitrogens with zero attached hydrogens (tertiary/aromatic N) is 1. The molecule has 0 bridgehead atoms. The Morgan fingerprint density at radius 3 is 3.00 bits per heavy atom. The van der Waals surface area contributed by atoms with Gasteiger partial charge in [-0.3, -0.25) is 4.79 Å². The Labute approximate surface area is 81.4 Å². The Hall–Kier alpha value is -0.230. The molecule has 1 N–H and O–H groups in total. The van der Waals surface area contributed by atoms with Crippen LogP contribution in [0.2, 0.25) is 0 Å². The molecule has 6 heteroatoms. The van der Waals surface area contributed by atoms with Gasteiger partial charge in [-0.15, -0.1) is 11.8 Å². The van der Waals surface area contributed by atoms with Gasteiger partial charge in [0.25, 0.3) is 0 Å². The van der Waals surface area contributed by atoms with Crippen LogP contribution < -0.4 is 0 Å². The van der Waals surface area contributed by atoms with Gasteiger partial charge in [0.2, 0.25) is 5.91 Å². The third-order valence-electron chi connectivity index (χ3n) is 2.06. The summed E-state index contributed by atoms with van der Waals surface area (Å²) in [5.74, 6) is -0.497. The number of carbonyl (C=O) groups excluding carboxylic acids is 1. The molecule has 66 valence electrons. The Morgan fingerprint density at radius 2 is 2.42 bits per heavy atom. The van der Waals surface area contributed by atoms with Gasteiger partial charge in [-0.2, -0.15) is 0 Å². The fourth-order valence-corrected chi connectivity index (χ4v) is 3.73. The van der Waals surface area contributed by atoms with Gasteiger partial charge < -0.3 is 10.0 Å². The molecular weight excluding hydrogens is 246 g/mol. The lowest BCUT2D eigenvalue weighted by Crippen LogP contribution is -2.62. The normalized spacial score (nSPS) is 39.2. The summed E-state index contributed by atoms with van der Waals surface area (Å²) < 4.78 is 0. The molecule has 2 fully saturated rings. The lowest BCUT2D eigenvalue weighted by atomic mass is 10.1. The summed E-state index contributed by atoms with van der Waals surface area (Å²) in [5, 5.41) is 8.76. The van der Waals surface area contributed by atoms with Crippen molar-refractivity contribution in [2.45, 2.75) is 16.2 Å². The first-order chi connectivity index (χ1) is 5.63. The fourth-order valence-electron chi connectivity index (χ4n) is 1.40. The van der Waals surface area contributed by atoms with Crippen LogP contribution >= 0.6 is 27.7 Å². The van der Waals surface area contributed by atoms with Crippen molar-refractivity contribution in [3.63, 3.8) is 0 Å². The first kappa shape index (κ1) is 8.37. The number of β-lactam (4-membered cyclic amide) rings is 1. The molecule has 12 heavy (non-hydrogen) atoms. The highest BCUT2D eigenvalue weighted by Gasteiger charge is 2.55. The average molecular weight is 252 g/mol. The summed E-state index contributed by atoms with van der Waals surface area (Å²) in [7, 11) is 0. The second-order valence-electron chi connectivity index (χ2n) is 2.73. The van der Waals surface area contributed by atoms with Gasteiger partial charge in [-0.25, -0.2) is 4.79 Å². The van der Waals surface area contributed by atoms with Crippen LogP contribution in [-0.4, -0.2) is 43.9 Å². The minimum absolute atomic E-state index is 0.0404. The molecule has 2 saturated heterocycles. The summed E-state index contributed by atoms with van der Waals surface area (Å²) >= 11 is 4.72. The number of carboxylic acids is 1. The molecule has 0 aromatic heterocycles. The lowest BCUT2D eigenvalue weighted by molar-refractivity contribution is -0.154. The quantitative estimate of drug-likeness (QED) is 0.532. The minimum Gasteiger partial charge on any atom is -0.480 e. The third-order valence-corrected chi connectivity index (χ3v) is 4.65. The van der Waals surface area contributed by atoms with E-state index < -0.39 is 12.0 Å². The van der Waals surface area contributed by atoms with Gasteiger partial charge in [0, 0.05) is 5.75 Å². The van der Waals surface area contributed by atoms with Gasteiger partial charge in [0.1, 0.15) is 16.2 Å². The molecule has 2 aliphatic rings. The van der Waals surface area contributed by atoms with E-state index in [9.17, 15) is 9.59 Å². The first-order valence-corrected chi connectivity index (χ1v) is 5.40. The maximum absolute atomic E-state index is 11.2. The largest absolute Gasteiger partial charge is 0.480 e. The van der Waals surface area contributed by atoms with E-state index in [4.69, 9.17) is 5.11 Å². The maximum Gasteiger partial charge on any atom is 0.327 e. The van der Waals surface area contributed by atoms with E-state index in [2.05, 4.69) is 15.9 Å². The number of carboxylic acid groups (broad SMARTS) is 1. The van der Waals surface area contributed by atoms with Gasteiger partial charge >= 0.3 is 5.97 Å². The molecule has 2 rings (SSSR count). The zero-order chi connectivity index (χ0) is 8.88. The Morgan fingerprint density at radius 1 is 1.75 bits per heavy atom. The van der Waals surface area contributed by atoms with Crippen LogP contribution in [-0.2, 0) is 9.59 Å². The van der Waals surface area contributed by atoms with Gasteiger partial charge in [0.05, 0.1) is 0 Å². The maximum atomic E-state index is 11.2. The summed E-state index contributed by atoms with van der Waals surface area (Å²) in [5.41, 5.74) is 0. The van der Waals surface area contributed by atoms with Crippen LogP contribution in [0.15, 0.2) is 0 Å². The summed E-state index contributed by atoms with van der Waals surface area (Å²) in [6.07, 6.45) is 0. The molecule has 0 aromatic carbocycles. The molecule has 0 aliphatic carbocycles. The predicted octanol–water partition coefficient (Wildman–Crippen LogP) is 0.118. The number of halogens is 1. The van der Waals surface area contributed by atoms with E-state index >= 15 is 0 Å². The second kappa shape index (κ2) is 2.63. The fraction of sp³-hybridized carbons (Fsp3) is 0.667. The van der Waals surface area contributed by atoms with Gasteiger partial charge in [-0.05, 0) is 0 Å². The van der Waals surface area contributed by atoms with Crippen LogP contribution in [0.1, 0.15) is 0 Å². The van der Waals surface area contributed by atoms with Crippen LogP contribution in [0, 0.1) is 0 Å². The molecule has 2 aliphatic heterocycles. The zero-order valence-electron chi connectivity index (χ0n) is 5.94. The third kappa shape index (κ3) is 0.908. The highest BCUT2D eigenvalue weighted by molar-refractivity contribution is 9.10. The van der Waals surface area contributed by atoms with Crippen LogP contribution in [0.4, 0.5) is 0 Å². The molecular formula is C6H6BrNO3S. The highest BCUT2D eigenvalue weighted by Crippen LogP contribution is 2.42. The minimum atomic E-state index is -0.905. The molecule has 0 radical (unpaired) electrons. The molecule has 1 amide bonds. The molecule has 0 spiro atoms.